The Morgan fingerprint density at radius 3 is 3.15 bits per heavy atom. The van der Waals surface area contributed by atoms with Crippen molar-refractivity contribution in [2.75, 3.05) is 19.8 Å². The Labute approximate surface area is 126 Å². The van der Waals surface area contributed by atoms with Gasteiger partial charge in [-0.05, 0) is 40.9 Å². The molecule has 20 heavy (non-hydrogen) atoms. The normalized spacial score (nSPS) is 29.6. The molecule has 2 unspecified atom stereocenters. The van der Waals surface area contributed by atoms with Gasteiger partial charge in [0, 0.05) is 36.3 Å². The zero-order valence-electron chi connectivity index (χ0n) is 11.1. The fourth-order valence-electron chi connectivity index (χ4n) is 2.82. The molecule has 2 aliphatic heterocycles. The van der Waals surface area contributed by atoms with Crippen LogP contribution in [-0.2, 0) is 9.47 Å². The van der Waals surface area contributed by atoms with Crippen LogP contribution in [0.25, 0.3) is 0 Å². The molecule has 108 valence electrons. The second-order valence-corrected chi connectivity index (χ2v) is 6.19. The number of pyridine rings is 1. The van der Waals surface area contributed by atoms with E-state index in [1.807, 2.05) is 6.07 Å². The standard InChI is InChI=1S/C14H17BrN2O3/c15-11-2-1-5-16-12(11)13(18)17-10-3-6-20-14(8-10)4-7-19-9-14/h1-2,5,10H,3-4,6-9H2,(H,17,18). The van der Waals surface area contributed by atoms with Crippen LogP contribution in [-0.4, -0.2) is 42.4 Å². The highest BCUT2D eigenvalue weighted by Gasteiger charge is 2.41. The van der Waals surface area contributed by atoms with Crippen LogP contribution in [0.5, 0.6) is 0 Å². The Morgan fingerprint density at radius 1 is 1.50 bits per heavy atom. The first kappa shape index (κ1) is 14.0. The van der Waals surface area contributed by atoms with Gasteiger partial charge in [0.2, 0.25) is 0 Å². The summed E-state index contributed by atoms with van der Waals surface area (Å²) in [4.78, 5) is 16.4. The third kappa shape index (κ3) is 2.87. The van der Waals surface area contributed by atoms with Crippen LogP contribution in [0.4, 0.5) is 0 Å². The maximum atomic E-state index is 12.3. The van der Waals surface area contributed by atoms with E-state index in [4.69, 9.17) is 9.47 Å². The Morgan fingerprint density at radius 2 is 2.40 bits per heavy atom. The summed E-state index contributed by atoms with van der Waals surface area (Å²) in [6, 6.07) is 3.73. The minimum Gasteiger partial charge on any atom is -0.378 e. The molecule has 0 aliphatic carbocycles. The van der Waals surface area contributed by atoms with Gasteiger partial charge in [0.15, 0.2) is 0 Å². The number of carbonyl (C=O) groups is 1. The van der Waals surface area contributed by atoms with E-state index in [2.05, 4.69) is 26.2 Å². The van der Waals surface area contributed by atoms with Gasteiger partial charge in [-0.3, -0.25) is 4.79 Å². The molecule has 3 heterocycles. The lowest BCUT2D eigenvalue weighted by Crippen LogP contribution is -2.49. The summed E-state index contributed by atoms with van der Waals surface area (Å²) in [6.07, 6.45) is 4.17. The van der Waals surface area contributed by atoms with Gasteiger partial charge in [-0.2, -0.15) is 0 Å². The summed E-state index contributed by atoms with van der Waals surface area (Å²) >= 11 is 3.35. The number of halogens is 1. The van der Waals surface area contributed by atoms with E-state index in [1.54, 1.807) is 12.3 Å². The Bertz CT molecular complexity index is 503. The van der Waals surface area contributed by atoms with Gasteiger partial charge in [-0.1, -0.05) is 0 Å². The van der Waals surface area contributed by atoms with E-state index in [-0.39, 0.29) is 17.6 Å². The molecule has 1 aromatic heterocycles. The largest absolute Gasteiger partial charge is 0.378 e. The van der Waals surface area contributed by atoms with Crippen LogP contribution in [0.2, 0.25) is 0 Å². The molecule has 5 nitrogen and oxygen atoms in total. The molecule has 1 spiro atoms. The maximum absolute atomic E-state index is 12.3. The average molecular weight is 341 g/mol. The van der Waals surface area contributed by atoms with Gasteiger partial charge < -0.3 is 14.8 Å². The van der Waals surface area contributed by atoms with Gasteiger partial charge in [0.25, 0.3) is 5.91 Å². The highest BCUT2D eigenvalue weighted by molar-refractivity contribution is 9.10. The molecule has 2 atom stereocenters. The number of rotatable bonds is 2. The minimum atomic E-state index is -0.197. The monoisotopic (exact) mass is 340 g/mol. The molecule has 2 fully saturated rings. The SMILES string of the molecule is O=C(NC1CCOC2(CCOC2)C1)c1ncccc1Br. The summed E-state index contributed by atoms with van der Waals surface area (Å²) in [5, 5.41) is 3.06. The Hall–Kier alpha value is -0.980. The maximum Gasteiger partial charge on any atom is 0.271 e. The predicted octanol–water partition coefficient (Wildman–Crippen LogP) is 1.91. The van der Waals surface area contributed by atoms with Crippen molar-refractivity contribution in [1.29, 1.82) is 0 Å². The van der Waals surface area contributed by atoms with Gasteiger partial charge in [-0.25, -0.2) is 4.98 Å². The van der Waals surface area contributed by atoms with Crippen molar-refractivity contribution < 1.29 is 14.3 Å². The topological polar surface area (TPSA) is 60.5 Å². The summed E-state index contributed by atoms with van der Waals surface area (Å²) in [7, 11) is 0. The number of aromatic nitrogens is 1. The van der Waals surface area contributed by atoms with E-state index in [9.17, 15) is 4.79 Å². The molecule has 0 radical (unpaired) electrons. The van der Waals surface area contributed by atoms with Gasteiger partial charge in [0.05, 0.1) is 12.2 Å². The number of nitrogens with zero attached hydrogens (tertiary/aromatic N) is 1. The molecule has 6 heteroatoms. The van der Waals surface area contributed by atoms with Crippen molar-refractivity contribution in [1.82, 2.24) is 10.3 Å². The fourth-order valence-corrected chi connectivity index (χ4v) is 3.26. The number of carbonyl (C=O) groups excluding carboxylic acids is 1. The second kappa shape index (κ2) is 5.79. The lowest BCUT2D eigenvalue weighted by Gasteiger charge is -2.37. The first-order valence-electron chi connectivity index (χ1n) is 6.82. The first-order valence-corrected chi connectivity index (χ1v) is 7.61. The van der Waals surface area contributed by atoms with Crippen molar-refractivity contribution >= 4 is 21.8 Å². The molecule has 1 aromatic rings. The van der Waals surface area contributed by atoms with Crippen LogP contribution in [0.3, 0.4) is 0 Å². The van der Waals surface area contributed by atoms with E-state index in [1.165, 1.54) is 0 Å². The van der Waals surface area contributed by atoms with Crippen molar-refractivity contribution in [2.24, 2.45) is 0 Å². The van der Waals surface area contributed by atoms with Crippen molar-refractivity contribution in [3.63, 3.8) is 0 Å². The average Bonchev–Trinajstić information content (AvgIpc) is 2.87. The lowest BCUT2D eigenvalue weighted by atomic mass is 9.89. The lowest BCUT2D eigenvalue weighted by molar-refractivity contribution is -0.0881. The number of amides is 1. The van der Waals surface area contributed by atoms with Crippen LogP contribution in [0.1, 0.15) is 29.8 Å². The Balaban J connectivity index is 1.65. The van der Waals surface area contributed by atoms with Crippen LogP contribution in [0, 0.1) is 0 Å². The molecule has 1 amide bonds. The molecule has 0 aromatic carbocycles. The number of hydrogen-bond acceptors (Lipinski definition) is 4. The summed E-state index contributed by atoms with van der Waals surface area (Å²) < 4.78 is 12.0. The molecular formula is C14H17BrN2O3. The summed E-state index contributed by atoms with van der Waals surface area (Å²) in [6.45, 7) is 2.04. The quantitative estimate of drug-likeness (QED) is 0.893. The van der Waals surface area contributed by atoms with Crippen LogP contribution < -0.4 is 5.32 Å². The molecule has 0 saturated carbocycles. The van der Waals surface area contributed by atoms with E-state index >= 15 is 0 Å². The smallest absolute Gasteiger partial charge is 0.271 e. The van der Waals surface area contributed by atoms with Crippen molar-refractivity contribution in [3.05, 3.63) is 28.5 Å². The molecule has 1 N–H and O–H groups in total. The van der Waals surface area contributed by atoms with E-state index < -0.39 is 0 Å². The molecule has 2 saturated heterocycles. The highest BCUT2D eigenvalue weighted by Crippen LogP contribution is 2.32. The third-order valence-electron chi connectivity index (χ3n) is 3.87. The highest BCUT2D eigenvalue weighted by atomic mass is 79.9. The van der Waals surface area contributed by atoms with Gasteiger partial charge >= 0.3 is 0 Å². The fraction of sp³-hybridized carbons (Fsp3) is 0.571. The summed E-state index contributed by atoms with van der Waals surface area (Å²) in [5.41, 5.74) is 0.230. The van der Waals surface area contributed by atoms with Gasteiger partial charge in [0.1, 0.15) is 5.69 Å². The number of nitrogens with one attached hydrogen (secondary N) is 1. The molecular weight excluding hydrogens is 324 g/mol. The third-order valence-corrected chi connectivity index (χ3v) is 4.51. The van der Waals surface area contributed by atoms with E-state index in [0.29, 0.717) is 23.4 Å². The zero-order chi connectivity index (χ0) is 14.0. The first-order chi connectivity index (χ1) is 9.69. The van der Waals surface area contributed by atoms with Crippen LogP contribution >= 0.6 is 15.9 Å². The predicted molar refractivity (Wildman–Crippen MR) is 76.5 cm³/mol. The van der Waals surface area contributed by atoms with Crippen molar-refractivity contribution in [3.8, 4) is 0 Å². The van der Waals surface area contributed by atoms with Crippen molar-refractivity contribution in [2.45, 2.75) is 30.9 Å². The number of ether oxygens (including phenoxy) is 2. The molecule has 3 rings (SSSR count). The van der Waals surface area contributed by atoms with Gasteiger partial charge in [-0.15, -0.1) is 0 Å². The number of hydrogen-bond donors (Lipinski definition) is 1. The van der Waals surface area contributed by atoms with Crippen LogP contribution in [0.15, 0.2) is 22.8 Å². The summed E-state index contributed by atoms with van der Waals surface area (Å²) in [5.74, 6) is -0.140. The molecule has 0 bridgehead atoms. The minimum absolute atomic E-state index is 0.117. The Kier molecular flexibility index (Phi) is 4.05. The zero-order valence-corrected chi connectivity index (χ0v) is 12.7. The second-order valence-electron chi connectivity index (χ2n) is 5.33. The molecule has 2 aliphatic rings. The van der Waals surface area contributed by atoms with E-state index in [0.717, 1.165) is 25.9 Å².